The Morgan fingerprint density at radius 3 is 2.70 bits per heavy atom. The molecule has 1 unspecified atom stereocenters. The van der Waals surface area contributed by atoms with Gasteiger partial charge in [0.05, 0.1) is 12.6 Å². The average molecular weight is 341 g/mol. The van der Waals surface area contributed by atoms with Gasteiger partial charge < -0.3 is 14.7 Å². The van der Waals surface area contributed by atoms with Crippen LogP contribution in [0.25, 0.3) is 0 Å². The first-order valence-electron chi connectivity index (χ1n) is 7.54. The maximum atomic E-state index is 11.5. The number of halogens is 1. The highest BCUT2D eigenvalue weighted by Crippen LogP contribution is 2.17. The number of imide groups is 1. The van der Waals surface area contributed by atoms with Crippen molar-refractivity contribution in [2.75, 3.05) is 33.3 Å². The number of likely N-dealkylation sites (N-methyl/N-ethyl adjacent to an activating group) is 1. The van der Waals surface area contributed by atoms with Gasteiger partial charge in [-0.05, 0) is 25.2 Å². The van der Waals surface area contributed by atoms with Crippen molar-refractivity contribution in [3.05, 3.63) is 29.3 Å². The smallest absolute Gasteiger partial charge is 0.229 e. The number of aliphatic hydroxyl groups excluding tert-OH is 1. The summed E-state index contributed by atoms with van der Waals surface area (Å²) in [5.41, 5.74) is 0. The molecule has 1 aromatic rings. The predicted molar refractivity (Wildman–Crippen MR) is 86.4 cm³/mol. The van der Waals surface area contributed by atoms with E-state index in [1.165, 1.54) is 0 Å². The Morgan fingerprint density at radius 1 is 1.35 bits per heavy atom. The molecular weight excluding hydrogens is 320 g/mol. The topological polar surface area (TPSA) is 70.1 Å². The molecule has 1 aliphatic rings. The molecule has 0 spiro atoms. The van der Waals surface area contributed by atoms with Crippen molar-refractivity contribution in [3.63, 3.8) is 0 Å². The number of carbonyl (C=O) groups excluding carboxylic acids is 2. The molecule has 1 atom stereocenters. The van der Waals surface area contributed by atoms with Crippen molar-refractivity contribution in [2.45, 2.75) is 18.9 Å². The van der Waals surface area contributed by atoms with Crippen LogP contribution in [-0.2, 0) is 9.59 Å². The number of aliphatic hydroxyl groups is 1. The van der Waals surface area contributed by atoms with E-state index < -0.39 is 6.10 Å². The number of hydrogen-bond acceptors (Lipinski definition) is 5. The van der Waals surface area contributed by atoms with Gasteiger partial charge in [-0.3, -0.25) is 14.5 Å². The second-order valence-corrected chi connectivity index (χ2v) is 6.06. The number of benzene rings is 1. The lowest BCUT2D eigenvalue weighted by molar-refractivity contribution is -0.140. The van der Waals surface area contributed by atoms with Gasteiger partial charge in [0.1, 0.15) is 12.4 Å². The van der Waals surface area contributed by atoms with Crippen LogP contribution in [0, 0.1) is 0 Å². The van der Waals surface area contributed by atoms with Crippen molar-refractivity contribution in [3.8, 4) is 5.75 Å². The number of β-amino-alcohol motifs (C(OH)–C–C–N with tert-alkyl or cyclic N) is 1. The van der Waals surface area contributed by atoms with Crippen LogP contribution in [0.4, 0.5) is 0 Å². The molecule has 1 aromatic carbocycles. The van der Waals surface area contributed by atoms with Crippen molar-refractivity contribution in [1.29, 1.82) is 0 Å². The number of likely N-dealkylation sites (tertiary alicyclic amines) is 1. The Labute approximate surface area is 140 Å². The molecule has 2 rings (SSSR count). The van der Waals surface area contributed by atoms with E-state index in [2.05, 4.69) is 0 Å². The summed E-state index contributed by atoms with van der Waals surface area (Å²) in [5.74, 6) is 0.279. The van der Waals surface area contributed by atoms with Gasteiger partial charge in [0.25, 0.3) is 0 Å². The van der Waals surface area contributed by atoms with E-state index in [0.717, 1.165) is 4.90 Å². The molecule has 0 aromatic heterocycles. The highest BCUT2D eigenvalue weighted by molar-refractivity contribution is 6.30. The molecule has 6 nitrogen and oxygen atoms in total. The normalized spacial score (nSPS) is 16.3. The van der Waals surface area contributed by atoms with Gasteiger partial charge >= 0.3 is 0 Å². The minimum atomic E-state index is -0.767. The van der Waals surface area contributed by atoms with Gasteiger partial charge in [-0.2, -0.15) is 0 Å². The Kier molecular flexibility index (Phi) is 6.38. The fraction of sp³-hybridized carbons (Fsp3) is 0.500. The largest absolute Gasteiger partial charge is 0.492 e. The summed E-state index contributed by atoms with van der Waals surface area (Å²) in [6, 6.07) is 7.15. The summed E-state index contributed by atoms with van der Waals surface area (Å²) in [6.45, 7) is 1.46. The zero-order chi connectivity index (χ0) is 16.8. The van der Waals surface area contributed by atoms with E-state index in [0.29, 0.717) is 30.5 Å². The summed E-state index contributed by atoms with van der Waals surface area (Å²) in [4.78, 5) is 26.1. The lowest BCUT2D eigenvalue weighted by Crippen LogP contribution is -2.42. The Bertz CT molecular complexity index is 551. The Hall–Kier alpha value is -1.63. The third-order valence-corrected chi connectivity index (χ3v) is 3.84. The zero-order valence-corrected chi connectivity index (χ0v) is 13.8. The van der Waals surface area contributed by atoms with Gasteiger partial charge in [0.2, 0.25) is 11.8 Å². The van der Waals surface area contributed by atoms with E-state index in [-0.39, 0.29) is 31.2 Å². The van der Waals surface area contributed by atoms with E-state index in [4.69, 9.17) is 16.3 Å². The van der Waals surface area contributed by atoms with Crippen LogP contribution in [0.15, 0.2) is 24.3 Å². The van der Waals surface area contributed by atoms with Gasteiger partial charge in [-0.25, -0.2) is 0 Å². The molecule has 0 saturated carbocycles. The van der Waals surface area contributed by atoms with Gasteiger partial charge in [0, 0.05) is 31.0 Å². The zero-order valence-electron chi connectivity index (χ0n) is 13.1. The van der Waals surface area contributed by atoms with Crippen LogP contribution in [0.5, 0.6) is 5.75 Å². The third-order valence-electron chi connectivity index (χ3n) is 3.61. The van der Waals surface area contributed by atoms with E-state index in [9.17, 15) is 14.7 Å². The van der Waals surface area contributed by atoms with Crippen LogP contribution in [0.1, 0.15) is 12.8 Å². The van der Waals surface area contributed by atoms with Gasteiger partial charge in [0.15, 0.2) is 0 Å². The second kappa shape index (κ2) is 8.29. The molecule has 1 saturated heterocycles. The highest BCUT2D eigenvalue weighted by Gasteiger charge is 2.30. The van der Waals surface area contributed by atoms with Crippen LogP contribution >= 0.6 is 11.6 Å². The van der Waals surface area contributed by atoms with Crippen molar-refractivity contribution >= 4 is 23.4 Å². The molecular formula is C16H21ClN2O4. The molecule has 7 heteroatoms. The monoisotopic (exact) mass is 340 g/mol. The number of carbonyl (C=O) groups is 2. The molecule has 0 aliphatic carbocycles. The van der Waals surface area contributed by atoms with Crippen molar-refractivity contribution in [2.24, 2.45) is 0 Å². The molecule has 1 N–H and O–H groups in total. The number of rotatable bonds is 8. The summed E-state index contributed by atoms with van der Waals surface area (Å²) in [7, 11) is 1.85. The van der Waals surface area contributed by atoms with Crippen LogP contribution < -0.4 is 4.74 Å². The fourth-order valence-electron chi connectivity index (χ4n) is 2.42. The standard InChI is InChI=1S/C16H21ClN2O4/c1-18(7-8-23-14-4-2-3-12(17)9-14)10-13(20)11-19-15(21)5-6-16(19)22/h2-4,9,13,20H,5-8,10-11H2,1H3. The highest BCUT2D eigenvalue weighted by atomic mass is 35.5. The third kappa shape index (κ3) is 5.49. The molecule has 23 heavy (non-hydrogen) atoms. The van der Waals surface area contributed by atoms with Crippen LogP contribution in [0.2, 0.25) is 5.02 Å². The van der Waals surface area contributed by atoms with Crippen molar-refractivity contribution < 1.29 is 19.4 Å². The molecule has 126 valence electrons. The number of hydrogen-bond donors (Lipinski definition) is 1. The predicted octanol–water partition coefficient (Wildman–Crippen LogP) is 1.16. The van der Waals surface area contributed by atoms with E-state index in [1.54, 1.807) is 12.1 Å². The van der Waals surface area contributed by atoms with Crippen molar-refractivity contribution in [1.82, 2.24) is 9.80 Å². The molecule has 1 fully saturated rings. The lowest BCUT2D eigenvalue weighted by Gasteiger charge is -2.23. The number of ether oxygens (including phenoxy) is 1. The maximum Gasteiger partial charge on any atom is 0.229 e. The number of amides is 2. The molecule has 0 bridgehead atoms. The number of nitrogens with zero attached hydrogens (tertiary/aromatic N) is 2. The first-order chi connectivity index (χ1) is 11.0. The lowest BCUT2D eigenvalue weighted by atomic mass is 10.3. The van der Waals surface area contributed by atoms with Crippen LogP contribution in [-0.4, -0.2) is 66.1 Å². The average Bonchev–Trinajstić information content (AvgIpc) is 2.79. The quantitative estimate of drug-likeness (QED) is 0.719. The van der Waals surface area contributed by atoms with E-state index >= 15 is 0 Å². The van der Waals surface area contributed by atoms with Crippen LogP contribution in [0.3, 0.4) is 0 Å². The van der Waals surface area contributed by atoms with Gasteiger partial charge in [-0.15, -0.1) is 0 Å². The van der Waals surface area contributed by atoms with E-state index in [1.807, 2.05) is 24.1 Å². The molecule has 2 amide bonds. The van der Waals surface area contributed by atoms with Gasteiger partial charge in [-0.1, -0.05) is 17.7 Å². The molecule has 1 aliphatic heterocycles. The summed E-state index contributed by atoms with van der Waals surface area (Å²) in [6.07, 6.45) is -0.277. The minimum absolute atomic E-state index is 0.0527. The Morgan fingerprint density at radius 2 is 2.04 bits per heavy atom. The molecule has 0 radical (unpaired) electrons. The maximum absolute atomic E-state index is 11.5. The minimum Gasteiger partial charge on any atom is -0.492 e. The first kappa shape index (κ1) is 17.7. The SMILES string of the molecule is CN(CCOc1cccc(Cl)c1)CC(O)CN1C(=O)CCC1=O. The summed E-state index contributed by atoms with van der Waals surface area (Å²) < 4.78 is 5.58. The summed E-state index contributed by atoms with van der Waals surface area (Å²) >= 11 is 5.88. The first-order valence-corrected chi connectivity index (χ1v) is 7.91. The second-order valence-electron chi connectivity index (χ2n) is 5.62. The Balaban J connectivity index is 1.68. The fourth-order valence-corrected chi connectivity index (χ4v) is 2.60. The summed E-state index contributed by atoms with van der Waals surface area (Å²) in [5, 5.41) is 10.6. The molecule has 1 heterocycles.